The minimum atomic E-state index is -1.29. The van der Waals surface area contributed by atoms with E-state index >= 15 is 0 Å². The van der Waals surface area contributed by atoms with Crippen molar-refractivity contribution in [2.45, 2.75) is 5.67 Å². The zero-order chi connectivity index (χ0) is 9.60. The van der Waals surface area contributed by atoms with Crippen LogP contribution in [0, 0.1) is 0 Å². The number of alkyl halides is 1. The molecule has 1 aromatic carbocycles. The second-order valence-corrected chi connectivity index (χ2v) is 3.72. The van der Waals surface area contributed by atoms with E-state index in [-0.39, 0.29) is 0 Å². The summed E-state index contributed by atoms with van der Waals surface area (Å²) >= 11 is 0. The fourth-order valence-electron chi connectivity index (χ4n) is 1.72. The molecule has 1 saturated heterocycles. The van der Waals surface area contributed by atoms with Crippen LogP contribution in [0.4, 0.5) is 4.39 Å². The third-order valence-corrected chi connectivity index (χ3v) is 2.68. The molecule has 0 aliphatic carbocycles. The van der Waals surface area contributed by atoms with E-state index in [0.717, 1.165) is 11.0 Å². The SMILES string of the molecule is FC1(c2cc3ccccc3o2)CNC1. The third kappa shape index (κ3) is 0.990. The second-order valence-electron chi connectivity index (χ2n) is 3.72. The first-order valence-electron chi connectivity index (χ1n) is 4.67. The Hall–Kier alpha value is -1.35. The predicted molar refractivity (Wildman–Crippen MR) is 51.9 cm³/mol. The number of halogens is 1. The first-order chi connectivity index (χ1) is 6.78. The summed E-state index contributed by atoms with van der Waals surface area (Å²) in [5, 5.41) is 3.87. The van der Waals surface area contributed by atoms with Gasteiger partial charge in [0.2, 0.25) is 0 Å². The summed E-state index contributed by atoms with van der Waals surface area (Å²) in [5.41, 5.74) is -0.537. The summed E-state index contributed by atoms with van der Waals surface area (Å²) in [6.07, 6.45) is 0. The molecule has 1 aromatic heterocycles. The van der Waals surface area contributed by atoms with E-state index in [2.05, 4.69) is 5.32 Å². The molecule has 2 nitrogen and oxygen atoms in total. The molecular formula is C11H10FNO. The fraction of sp³-hybridized carbons (Fsp3) is 0.273. The molecule has 14 heavy (non-hydrogen) atoms. The van der Waals surface area contributed by atoms with Crippen molar-refractivity contribution in [1.29, 1.82) is 0 Å². The Balaban J connectivity index is 2.14. The lowest BCUT2D eigenvalue weighted by molar-refractivity contribution is 0.0647. The Labute approximate surface area is 80.7 Å². The molecule has 0 unspecified atom stereocenters. The summed E-state index contributed by atoms with van der Waals surface area (Å²) < 4.78 is 19.4. The Kier molecular flexibility index (Phi) is 1.47. The Bertz CT molecular complexity index is 440. The average molecular weight is 191 g/mol. The molecule has 0 saturated carbocycles. The maximum Gasteiger partial charge on any atom is 0.192 e. The second kappa shape index (κ2) is 2.58. The molecule has 3 heteroatoms. The van der Waals surface area contributed by atoms with Crippen LogP contribution in [0.25, 0.3) is 11.0 Å². The van der Waals surface area contributed by atoms with E-state index in [0.29, 0.717) is 18.8 Å². The van der Waals surface area contributed by atoms with Crippen LogP contribution in [0.1, 0.15) is 5.76 Å². The van der Waals surface area contributed by atoms with Crippen LogP contribution >= 0.6 is 0 Å². The van der Waals surface area contributed by atoms with E-state index in [1.54, 1.807) is 6.07 Å². The summed E-state index contributed by atoms with van der Waals surface area (Å²) in [4.78, 5) is 0. The molecule has 2 heterocycles. The van der Waals surface area contributed by atoms with Gasteiger partial charge in [-0.2, -0.15) is 0 Å². The predicted octanol–water partition coefficient (Wildman–Crippen LogP) is 2.20. The molecule has 0 amide bonds. The van der Waals surface area contributed by atoms with Gasteiger partial charge in [-0.25, -0.2) is 4.39 Å². The summed E-state index contributed by atoms with van der Waals surface area (Å²) in [7, 11) is 0. The zero-order valence-corrected chi connectivity index (χ0v) is 7.59. The van der Waals surface area contributed by atoms with Crippen molar-refractivity contribution in [1.82, 2.24) is 5.32 Å². The number of nitrogens with one attached hydrogen (secondary N) is 1. The van der Waals surface area contributed by atoms with Gasteiger partial charge in [-0.3, -0.25) is 0 Å². The van der Waals surface area contributed by atoms with Crippen LogP contribution in [0.3, 0.4) is 0 Å². The topological polar surface area (TPSA) is 25.2 Å². The van der Waals surface area contributed by atoms with Crippen molar-refractivity contribution in [3.63, 3.8) is 0 Å². The van der Waals surface area contributed by atoms with Crippen LogP contribution in [0.5, 0.6) is 0 Å². The summed E-state index contributed by atoms with van der Waals surface area (Å²) in [5.74, 6) is 0.442. The molecular weight excluding hydrogens is 181 g/mol. The number of fused-ring (bicyclic) bond motifs is 1. The molecule has 1 N–H and O–H groups in total. The monoisotopic (exact) mass is 191 g/mol. The van der Waals surface area contributed by atoms with E-state index in [1.807, 2.05) is 24.3 Å². The zero-order valence-electron chi connectivity index (χ0n) is 7.59. The Morgan fingerprint density at radius 1 is 1.29 bits per heavy atom. The number of para-hydroxylation sites is 1. The quantitative estimate of drug-likeness (QED) is 0.747. The molecule has 3 rings (SSSR count). The maximum absolute atomic E-state index is 13.9. The van der Waals surface area contributed by atoms with Gasteiger partial charge in [-0.05, 0) is 12.1 Å². The summed E-state index contributed by atoms with van der Waals surface area (Å²) in [6.45, 7) is 0.708. The van der Waals surface area contributed by atoms with Crippen LogP contribution in [0.2, 0.25) is 0 Å². The normalized spacial score (nSPS) is 19.5. The van der Waals surface area contributed by atoms with Gasteiger partial charge >= 0.3 is 0 Å². The van der Waals surface area contributed by atoms with E-state index in [1.165, 1.54) is 0 Å². The summed E-state index contributed by atoms with van der Waals surface area (Å²) in [6, 6.07) is 9.38. The van der Waals surface area contributed by atoms with Gasteiger partial charge in [0, 0.05) is 18.5 Å². The highest BCUT2D eigenvalue weighted by Crippen LogP contribution is 2.33. The van der Waals surface area contributed by atoms with Gasteiger partial charge < -0.3 is 9.73 Å². The molecule has 0 bridgehead atoms. The van der Waals surface area contributed by atoms with Gasteiger partial charge in [0.25, 0.3) is 0 Å². The minimum absolute atomic E-state index is 0.354. The molecule has 72 valence electrons. The highest BCUT2D eigenvalue weighted by Gasteiger charge is 2.42. The van der Waals surface area contributed by atoms with Gasteiger partial charge in [-0.15, -0.1) is 0 Å². The Morgan fingerprint density at radius 3 is 2.71 bits per heavy atom. The van der Waals surface area contributed by atoms with E-state index in [9.17, 15) is 4.39 Å². The third-order valence-electron chi connectivity index (χ3n) is 2.68. The molecule has 0 radical (unpaired) electrons. The smallest absolute Gasteiger partial charge is 0.192 e. The van der Waals surface area contributed by atoms with Crippen molar-refractivity contribution >= 4 is 11.0 Å². The lowest BCUT2D eigenvalue weighted by Gasteiger charge is -2.32. The van der Waals surface area contributed by atoms with Crippen molar-refractivity contribution in [2.24, 2.45) is 0 Å². The molecule has 1 aliphatic heterocycles. The number of hydrogen-bond donors (Lipinski definition) is 1. The molecule has 1 fully saturated rings. The van der Waals surface area contributed by atoms with Crippen molar-refractivity contribution < 1.29 is 8.81 Å². The number of benzene rings is 1. The molecule has 1 aliphatic rings. The fourth-order valence-corrected chi connectivity index (χ4v) is 1.72. The number of furan rings is 1. The number of hydrogen-bond acceptors (Lipinski definition) is 2. The van der Waals surface area contributed by atoms with E-state index in [4.69, 9.17) is 4.42 Å². The molecule has 0 spiro atoms. The maximum atomic E-state index is 13.9. The van der Waals surface area contributed by atoms with Gasteiger partial charge in [-0.1, -0.05) is 18.2 Å². The average Bonchev–Trinajstić information content (AvgIpc) is 2.57. The lowest BCUT2D eigenvalue weighted by atomic mass is 9.96. The highest BCUT2D eigenvalue weighted by atomic mass is 19.1. The standard InChI is InChI=1S/C11H10FNO/c12-11(6-13-7-11)10-5-8-3-1-2-4-9(8)14-10/h1-5,13H,6-7H2. The van der Waals surface area contributed by atoms with Crippen LogP contribution in [0.15, 0.2) is 34.7 Å². The first-order valence-corrected chi connectivity index (χ1v) is 4.67. The molecule has 0 atom stereocenters. The first kappa shape index (κ1) is 8.00. The van der Waals surface area contributed by atoms with E-state index < -0.39 is 5.67 Å². The van der Waals surface area contributed by atoms with Crippen molar-refractivity contribution in [3.05, 3.63) is 36.1 Å². The molecule has 2 aromatic rings. The van der Waals surface area contributed by atoms with Gasteiger partial charge in [0.15, 0.2) is 5.67 Å². The van der Waals surface area contributed by atoms with Gasteiger partial charge in [0.05, 0.1) is 0 Å². The largest absolute Gasteiger partial charge is 0.458 e. The highest BCUT2D eigenvalue weighted by molar-refractivity contribution is 5.78. The van der Waals surface area contributed by atoms with Crippen molar-refractivity contribution in [3.8, 4) is 0 Å². The Morgan fingerprint density at radius 2 is 2.07 bits per heavy atom. The minimum Gasteiger partial charge on any atom is -0.458 e. The number of rotatable bonds is 1. The van der Waals surface area contributed by atoms with Crippen LogP contribution < -0.4 is 5.32 Å². The van der Waals surface area contributed by atoms with Crippen LogP contribution in [-0.4, -0.2) is 13.1 Å². The van der Waals surface area contributed by atoms with Crippen LogP contribution in [-0.2, 0) is 5.67 Å². The lowest BCUT2D eigenvalue weighted by Crippen LogP contribution is -2.53. The van der Waals surface area contributed by atoms with Gasteiger partial charge in [0.1, 0.15) is 11.3 Å². The van der Waals surface area contributed by atoms with Crippen molar-refractivity contribution in [2.75, 3.05) is 13.1 Å².